The van der Waals surface area contributed by atoms with E-state index in [-0.39, 0.29) is 0 Å². The van der Waals surface area contributed by atoms with Crippen LogP contribution in [0.1, 0.15) is 38.2 Å². The first kappa shape index (κ1) is 9.12. The Hall–Kier alpha value is -1.45. The van der Waals surface area contributed by atoms with Crippen LogP contribution in [0.4, 0.5) is 0 Å². The van der Waals surface area contributed by atoms with Crippen LogP contribution >= 0.6 is 0 Å². The molecular formula is C10H14N4. The van der Waals surface area contributed by atoms with Gasteiger partial charge in [-0.3, -0.25) is 5.10 Å². The molecule has 74 valence electrons. The maximum atomic E-state index is 4.39. The van der Waals surface area contributed by atoms with Gasteiger partial charge in [0.05, 0.1) is 5.39 Å². The third-order valence-electron chi connectivity index (χ3n) is 2.28. The Labute approximate surface area is 82.8 Å². The van der Waals surface area contributed by atoms with Gasteiger partial charge in [-0.1, -0.05) is 20.8 Å². The Bertz CT molecular complexity index is 444. The lowest BCUT2D eigenvalue weighted by atomic mass is 10.2. The lowest BCUT2D eigenvalue weighted by Gasteiger charge is -2.01. The number of aryl methyl sites for hydroxylation is 1. The highest BCUT2D eigenvalue weighted by atomic mass is 15.2. The summed E-state index contributed by atoms with van der Waals surface area (Å²) >= 11 is 0. The highest BCUT2D eigenvalue weighted by Gasteiger charge is 2.08. The first-order valence-corrected chi connectivity index (χ1v) is 4.92. The molecule has 0 aromatic carbocycles. The maximum absolute atomic E-state index is 4.39. The fourth-order valence-corrected chi connectivity index (χ4v) is 1.41. The second-order valence-electron chi connectivity index (χ2n) is 3.68. The van der Waals surface area contributed by atoms with Gasteiger partial charge in [0.15, 0.2) is 5.65 Å². The quantitative estimate of drug-likeness (QED) is 0.788. The molecule has 14 heavy (non-hydrogen) atoms. The fraction of sp³-hybridized carbons (Fsp3) is 0.500. The molecule has 0 radical (unpaired) electrons. The fourth-order valence-electron chi connectivity index (χ4n) is 1.41. The van der Waals surface area contributed by atoms with Crippen LogP contribution in [0.15, 0.2) is 6.20 Å². The van der Waals surface area contributed by atoms with Gasteiger partial charge in [-0.2, -0.15) is 5.10 Å². The van der Waals surface area contributed by atoms with Gasteiger partial charge in [0.25, 0.3) is 0 Å². The molecule has 0 fully saturated rings. The number of aromatic nitrogens is 4. The molecule has 0 aliphatic carbocycles. The number of rotatable bonds is 2. The van der Waals surface area contributed by atoms with Gasteiger partial charge in [0.2, 0.25) is 0 Å². The summed E-state index contributed by atoms with van der Waals surface area (Å²) in [7, 11) is 0. The Kier molecular flexibility index (Phi) is 2.19. The van der Waals surface area contributed by atoms with Gasteiger partial charge in [-0.25, -0.2) is 9.97 Å². The minimum atomic E-state index is 0.348. The molecule has 0 bridgehead atoms. The van der Waals surface area contributed by atoms with Crippen molar-refractivity contribution in [2.24, 2.45) is 0 Å². The Morgan fingerprint density at radius 1 is 1.43 bits per heavy atom. The first-order chi connectivity index (χ1) is 6.72. The van der Waals surface area contributed by atoms with Crippen molar-refractivity contribution in [2.45, 2.75) is 33.1 Å². The topological polar surface area (TPSA) is 54.5 Å². The van der Waals surface area contributed by atoms with E-state index < -0.39 is 0 Å². The Morgan fingerprint density at radius 3 is 2.86 bits per heavy atom. The number of H-pyrrole nitrogens is 1. The average molecular weight is 190 g/mol. The minimum Gasteiger partial charge on any atom is -0.280 e. The van der Waals surface area contributed by atoms with Crippen molar-refractivity contribution in [3.05, 3.63) is 17.7 Å². The molecule has 0 amide bonds. The van der Waals surface area contributed by atoms with E-state index in [1.54, 1.807) is 0 Å². The van der Waals surface area contributed by atoms with Gasteiger partial charge < -0.3 is 0 Å². The van der Waals surface area contributed by atoms with E-state index >= 15 is 0 Å². The SMILES string of the molecule is CCc1[nH]nc2nc(C(C)C)ncc12. The number of fused-ring (bicyclic) bond motifs is 1. The van der Waals surface area contributed by atoms with Crippen LogP contribution in [-0.2, 0) is 6.42 Å². The lowest BCUT2D eigenvalue weighted by molar-refractivity contribution is 0.780. The van der Waals surface area contributed by atoms with Crippen LogP contribution < -0.4 is 0 Å². The predicted octanol–water partition coefficient (Wildman–Crippen LogP) is 2.04. The molecule has 2 aromatic rings. The van der Waals surface area contributed by atoms with Gasteiger partial charge in [-0.15, -0.1) is 0 Å². The minimum absolute atomic E-state index is 0.348. The molecule has 0 saturated carbocycles. The second kappa shape index (κ2) is 3.36. The number of nitrogens with one attached hydrogen (secondary N) is 1. The molecule has 1 N–H and O–H groups in total. The monoisotopic (exact) mass is 190 g/mol. The van der Waals surface area contributed by atoms with E-state index in [1.165, 1.54) is 0 Å². The van der Waals surface area contributed by atoms with E-state index in [9.17, 15) is 0 Å². The third kappa shape index (κ3) is 1.36. The van der Waals surface area contributed by atoms with Crippen LogP contribution in [0.2, 0.25) is 0 Å². The highest BCUT2D eigenvalue weighted by molar-refractivity contribution is 5.76. The average Bonchev–Trinajstić information content (AvgIpc) is 2.59. The normalized spacial score (nSPS) is 11.4. The highest BCUT2D eigenvalue weighted by Crippen LogP contribution is 2.16. The summed E-state index contributed by atoms with van der Waals surface area (Å²) in [5.74, 6) is 1.20. The zero-order valence-electron chi connectivity index (χ0n) is 8.70. The molecule has 0 spiro atoms. The van der Waals surface area contributed by atoms with Crippen molar-refractivity contribution in [3.8, 4) is 0 Å². The van der Waals surface area contributed by atoms with Gasteiger partial charge >= 0.3 is 0 Å². The number of nitrogens with zero attached hydrogens (tertiary/aromatic N) is 3. The van der Waals surface area contributed by atoms with Crippen molar-refractivity contribution in [2.75, 3.05) is 0 Å². The van der Waals surface area contributed by atoms with Crippen LogP contribution in [0, 0.1) is 0 Å². The molecule has 2 heterocycles. The standard InChI is InChI=1S/C10H14N4/c1-4-8-7-5-11-9(6(2)3)12-10(7)14-13-8/h5-6H,4H2,1-3H3,(H,11,12,13,14). The van der Waals surface area contributed by atoms with Gasteiger partial charge in [-0.05, 0) is 6.42 Å². The van der Waals surface area contributed by atoms with Crippen LogP contribution in [-0.4, -0.2) is 20.2 Å². The van der Waals surface area contributed by atoms with Crippen molar-refractivity contribution in [3.63, 3.8) is 0 Å². The lowest BCUT2D eigenvalue weighted by Crippen LogP contribution is -1.96. The van der Waals surface area contributed by atoms with E-state index in [2.05, 4.69) is 40.9 Å². The molecule has 2 aromatic heterocycles. The van der Waals surface area contributed by atoms with Crippen molar-refractivity contribution >= 4 is 11.0 Å². The molecule has 4 nitrogen and oxygen atoms in total. The summed E-state index contributed by atoms with van der Waals surface area (Å²) in [5, 5.41) is 8.17. The van der Waals surface area contributed by atoms with E-state index in [0.717, 1.165) is 29.0 Å². The predicted molar refractivity (Wildman–Crippen MR) is 55.2 cm³/mol. The molecule has 0 aliphatic rings. The van der Waals surface area contributed by atoms with Crippen LogP contribution in [0.25, 0.3) is 11.0 Å². The molecular weight excluding hydrogens is 176 g/mol. The first-order valence-electron chi connectivity index (χ1n) is 4.92. The van der Waals surface area contributed by atoms with E-state index in [0.29, 0.717) is 5.92 Å². The van der Waals surface area contributed by atoms with E-state index in [4.69, 9.17) is 0 Å². The zero-order chi connectivity index (χ0) is 10.1. The second-order valence-corrected chi connectivity index (χ2v) is 3.68. The van der Waals surface area contributed by atoms with E-state index in [1.807, 2.05) is 6.20 Å². The van der Waals surface area contributed by atoms with Crippen molar-refractivity contribution in [1.82, 2.24) is 20.2 Å². The number of aromatic amines is 1. The Balaban J connectivity index is 2.57. The smallest absolute Gasteiger partial charge is 0.184 e. The largest absolute Gasteiger partial charge is 0.280 e. The summed E-state index contributed by atoms with van der Waals surface area (Å²) in [6.07, 6.45) is 2.79. The van der Waals surface area contributed by atoms with Gasteiger partial charge in [0.1, 0.15) is 5.82 Å². The summed E-state index contributed by atoms with van der Waals surface area (Å²) < 4.78 is 0. The number of hydrogen-bond donors (Lipinski definition) is 1. The summed E-state index contributed by atoms with van der Waals surface area (Å²) in [5.41, 5.74) is 1.89. The Morgan fingerprint density at radius 2 is 2.21 bits per heavy atom. The molecule has 2 rings (SSSR count). The summed E-state index contributed by atoms with van der Waals surface area (Å²) in [6.45, 7) is 6.24. The summed E-state index contributed by atoms with van der Waals surface area (Å²) in [4.78, 5) is 8.71. The number of hydrogen-bond acceptors (Lipinski definition) is 3. The molecule has 0 atom stereocenters. The van der Waals surface area contributed by atoms with Crippen LogP contribution in [0.5, 0.6) is 0 Å². The van der Waals surface area contributed by atoms with Crippen molar-refractivity contribution in [1.29, 1.82) is 0 Å². The zero-order valence-corrected chi connectivity index (χ0v) is 8.70. The molecule has 0 aliphatic heterocycles. The third-order valence-corrected chi connectivity index (χ3v) is 2.28. The molecule has 0 unspecified atom stereocenters. The summed E-state index contributed by atoms with van der Waals surface area (Å²) in [6, 6.07) is 0. The molecule has 0 saturated heterocycles. The molecule has 4 heteroatoms. The van der Waals surface area contributed by atoms with Gasteiger partial charge in [0, 0.05) is 17.8 Å². The van der Waals surface area contributed by atoms with Crippen LogP contribution in [0.3, 0.4) is 0 Å². The van der Waals surface area contributed by atoms with Crippen molar-refractivity contribution < 1.29 is 0 Å². The maximum Gasteiger partial charge on any atom is 0.184 e.